The smallest absolute Gasteiger partial charge is 0.261 e. The van der Waals surface area contributed by atoms with Gasteiger partial charge in [0.2, 0.25) is 0 Å². The van der Waals surface area contributed by atoms with Crippen LogP contribution < -0.4 is 15.2 Å². The van der Waals surface area contributed by atoms with E-state index in [4.69, 9.17) is 10.5 Å². The van der Waals surface area contributed by atoms with Gasteiger partial charge in [0.05, 0.1) is 4.90 Å². The molecule has 0 bridgehead atoms. The van der Waals surface area contributed by atoms with E-state index in [0.717, 1.165) is 6.07 Å². The SMILES string of the molecule is Cc1ccc(S(=O)(=O)Nc2ccc(OCC(N)=O)cc2)cc1F. The lowest BCUT2D eigenvalue weighted by Crippen LogP contribution is -2.20. The van der Waals surface area contributed by atoms with Crippen LogP contribution in [0, 0.1) is 12.7 Å². The molecule has 2 aromatic rings. The van der Waals surface area contributed by atoms with Gasteiger partial charge in [0.1, 0.15) is 11.6 Å². The zero-order valence-electron chi connectivity index (χ0n) is 12.2. The lowest BCUT2D eigenvalue weighted by atomic mass is 10.2. The molecule has 0 aromatic heterocycles. The Hall–Kier alpha value is -2.61. The molecular formula is C15H15FN2O4S. The summed E-state index contributed by atoms with van der Waals surface area (Å²) in [5, 5.41) is 0. The average molecular weight is 338 g/mol. The van der Waals surface area contributed by atoms with E-state index < -0.39 is 21.7 Å². The predicted molar refractivity (Wildman–Crippen MR) is 83.1 cm³/mol. The van der Waals surface area contributed by atoms with Gasteiger partial charge in [-0.2, -0.15) is 0 Å². The Morgan fingerprint density at radius 2 is 1.87 bits per heavy atom. The first-order valence-corrected chi connectivity index (χ1v) is 8.06. The molecule has 23 heavy (non-hydrogen) atoms. The van der Waals surface area contributed by atoms with Gasteiger partial charge in [-0.1, -0.05) is 6.07 Å². The topological polar surface area (TPSA) is 98.5 Å². The van der Waals surface area contributed by atoms with Crippen molar-refractivity contribution < 1.29 is 22.3 Å². The Labute approximate surface area is 133 Å². The van der Waals surface area contributed by atoms with Crippen molar-refractivity contribution in [2.75, 3.05) is 11.3 Å². The second kappa shape index (κ2) is 6.66. The summed E-state index contributed by atoms with van der Waals surface area (Å²) in [6.07, 6.45) is 0. The molecular weight excluding hydrogens is 323 g/mol. The quantitative estimate of drug-likeness (QED) is 0.839. The number of amides is 1. The monoisotopic (exact) mass is 338 g/mol. The van der Waals surface area contributed by atoms with E-state index in [1.54, 1.807) is 6.92 Å². The number of aryl methyl sites for hydroxylation is 1. The van der Waals surface area contributed by atoms with Crippen molar-refractivity contribution in [2.24, 2.45) is 5.73 Å². The maximum Gasteiger partial charge on any atom is 0.261 e. The molecule has 122 valence electrons. The summed E-state index contributed by atoms with van der Waals surface area (Å²) in [5.74, 6) is -0.840. The van der Waals surface area contributed by atoms with Crippen molar-refractivity contribution >= 4 is 21.6 Å². The van der Waals surface area contributed by atoms with Gasteiger partial charge in [-0.05, 0) is 48.9 Å². The van der Waals surface area contributed by atoms with Crippen LogP contribution in [0.3, 0.4) is 0 Å². The van der Waals surface area contributed by atoms with Crippen LogP contribution in [0.4, 0.5) is 10.1 Å². The Morgan fingerprint density at radius 3 is 2.43 bits per heavy atom. The van der Waals surface area contributed by atoms with Gasteiger partial charge in [-0.15, -0.1) is 0 Å². The van der Waals surface area contributed by atoms with E-state index in [1.165, 1.54) is 36.4 Å². The number of ether oxygens (including phenoxy) is 1. The number of benzene rings is 2. The van der Waals surface area contributed by atoms with Gasteiger partial charge in [0.25, 0.3) is 15.9 Å². The summed E-state index contributed by atoms with van der Waals surface area (Å²) in [6, 6.07) is 9.56. The van der Waals surface area contributed by atoms with Crippen LogP contribution in [-0.2, 0) is 14.8 Å². The molecule has 0 aliphatic rings. The number of anilines is 1. The Balaban J connectivity index is 2.13. The fourth-order valence-corrected chi connectivity index (χ4v) is 2.80. The van der Waals surface area contributed by atoms with Gasteiger partial charge < -0.3 is 10.5 Å². The van der Waals surface area contributed by atoms with Crippen molar-refractivity contribution in [3.63, 3.8) is 0 Å². The van der Waals surface area contributed by atoms with Crippen LogP contribution in [0.25, 0.3) is 0 Å². The number of carbonyl (C=O) groups excluding carboxylic acids is 1. The molecule has 2 rings (SSSR count). The van der Waals surface area contributed by atoms with Crippen LogP contribution in [0.5, 0.6) is 5.75 Å². The Kier molecular flexibility index (Phi) is 4.85. The molecule has 0 aliphatic carbocycles. The van der Waals surface area contributed by atoms with Gasteiger partial charge in [0.15, 0.2) is 6.61 Å². The number of nitrogens with one attached hydrogen (secondary N) is 1. The van der Waals surface area contributed by atoms with E-state index in [-0.39, 0.29) is 17.2 Å². The minimum atomic E-state index is -3.90. The van der Waals surface area contributed by atoms with E-state index in [0.29, 0.717) is 11.3 Å². The molecule has 0 saturated heterocycles. The van der Waals surface area contributed by atoms with Crippen molar-refractivity contribution in [1.82, 2.24) is 0 Å². The standard InChI is InChI=1S/C15H15FN2O4S/c1-10-2-7-13(8-14(10)16)23(20,21)18-11-3-5-12(6-4-11)22-9-15(17)19/h2-8,18H,9H2,1H3,(H2,17,19). The van der Waals surface area contributed by atoms with Crippen molar-refractivity contribution in [1.29, 1.82) is 0 Å². The van der Waals surface area contributed by atoms with E-state index in [1.807, 2.05) is 0 Å². The third kappa shape index (κ3) is 4.43. The zero-order valence-corrected chi connectivity index (χ0v) is 13.1. The number of hydrogen-bond donors (Lipinski definition) is 2. The maximum absolute atomic E-state index is 13.5. The molecule has 0 saturated carbocycles. The van der Waals surface area contributed by atoms with Crippen LogP contribution in [0.15, 0.2) is 47.4 Å². The summed E-state index contributed by atoms with van der Waals surface area (Å²) in [5.41, 5.74) is 5.59. The molecule has 0 aliphatic heterocycles. The lowest BCUT2D eigenvalue weighted by Gasteiger charge is -2.10. The highest BCUT2D eigenvalue weighted by atomic mass is 32.2. The molecule has 0 atom stereocenters. The first kappa shape index (κ1) is 16.8. The molecule has 8 heteroatoms. The van der Waals surface area contributed by atoms with Crippen LogP contribution in [0.1, 0.15) is 5.56 Å². The third-order valence-electron chi connectivity index (χ3n) is 2.94. The van der Waals surface area contributed by atoms with Crippen LogP contribution in [0.2, 0.25) is 0 Å². The summed E-state index contributed by atoms with van der Waals surface area (Å²) < 4.78 is 45.3. The minimum absolute atomic E-state index is 0.172. The molecule has 0 radical (unpaired) electrons. The highest BCUT2D eigenvalue weighted by Crippen LogP contribution is 2.20. The Bertz CT molecular complexity index is 820. The molecule has 6 nitrogen and oxygen atoms in total. The fraction of sp³-hybridized carbons (Fsp3) is 0.133. The fourth-order valence-electron chi connectivity index (χ4n) is 1.73. The number of sulfonamides is 1. The maximum atomic E-state index is 13.5. The highest BCUT2D eigenvalue weighted by Gasteiger charge is 2.15. The van der Waals surface area contributed by atoms with Gasteiger partial charge in [-0.3, -0.25) is 9.52 Å². The molecule has 3 N–H and O–H groups in total. The molecule has 0 heterocycles. The zero-order chi connectivity index (χ0) is 17.0. The molecule has 1 amide bonds. The van der Waals surface area contributed by atoms with Crippen LogP contribution >= 0.6 is 0 Å². The summed E-state index contributed by atoms with van der Waals surface area (Å²) >= 11 is 0. The second-order valence-electron chi connectivity index (χ2n) is 4.80. The predicted octanol–water partition coefficient (Wildman–Crippen LogP) is 1.80. The number of hydrogen-bond acceptors (Lipinski definition) is 4. The van der Waals surface area contributed by atoms with E-state index >= 15 is 0 Å². The van der Waals surface area contributed by atoms with Crippen molar-refractivity contribution in [2.45, 2.75) is 11.8 Å². The number of carbonyl (C=O) groups is 1. The number of halogens is 1. The molecule has 0 spiro atoms. The van der Waals surface area contributed by atoms with Crippen molar-refractivity contribution in [3.05, 3.63) is 53.8 Å². The molecule has 2 aromatic carbocycles. The number of rotatable bonds is 6. The number of primary amides is 1. The summed E-state index contributed by atoms with van der Waals surface area (Å²) in [6.45, 7) is 1.28. The normalized spacial score (nSPS) is 11.0. The average Bonchev–Trinajstić information content (AvgIpc) is 2.49. The van der Waals surface area contributed by atoms with Crippen LogP contribution in [-0.4, -0.2) is 20.9 Å². The molecule has 0 fully saturated rings. The number of nitrogens with two attached hydrogens (primary N) is 1. The third-order valence-corrected chi connectivity index (χ3v) is 4.32. The minimum Gasteiger partial charge on any atom is -0.484 e. The van der Waals surface area contributed by atoms with Gasteiger partial charge >= 0.3 is 0 Å². The van der Waals surface area contributed by atoms with Gasteiger partial charge in [-0.25, -0.2) is 12.8 Å². The van der Waals surface area contributed by atoms with Crippen molar-refractivity contribution in [3.8, 4) is 5.75 Å². The lowest BCUT2D eigenvalue weighted by molar-refractivity contribution is -0.119. The molecule has 0 unspecified atom stereocenters. The van der Waals surface area contributed by atoms with E-state index in [9.17, 15) is 17.6 Å². The second-order valence-corrected chi connectivity index (χ2v) is 6.48. The first-order valence-electron chi connectivity index (χ1n) is 6.58. The van der Waals surface area contributed by atoms with E-state index in [2.05, 4.69) is 4.72 Å². The van der Waals surface area contributed by atoms with Gasteiger partial charge in [0, 0.05) is 5.69 Å². The highest BCUT2D eigenvalue weighted by molar-refractivity contribution is 7.92. The summed E-state index contributed by atoms with van der Waals surface area (Å²) in [4.78, 5) is 10.4. The first-order chi connectivity index (χ1) is 10.8. The Morgan fingerprint density at radius 1 is 1.22 bits per heavy atom. The summed E-state index contributed by atoms with van der Waals surface area (Å²) in [7, 11) is -3.90. The largest absolute Gasteiger partial charge is 0.484 e.